The van der Waals surface area contributed by atoms with Gasteiger partial charge in [0.05, 0.1) is 5.69 Å². The lowest BCUT2D eigenvalue weighted by molar-refractivity contribution is 0.670. The quantitative estimate of drug-likeness (QED) is 0.157. The van der Waals surface area contributed by atoms with E-state index in [4.69, 9.17) is 4.42 Å². The first-order chi connectivity index (χ1) is 29.8. The number of fused-ring (bicyclic) bond motifs is 9. The van der Waals surface area contributed by atoms with Crippen molar-refractivity contribution in [1.29, 1.82) is 0 Å². The van der Waals surface area contributed by atoms with Gasteiger partial charge in [0.2, 0.25) is 0 Å². The summed E-state index contributed by atoms with van der Waals surface area (Å²) in [6.45, 7) is 0. The van der Waals surface area contributed by atoms with Gasteiger partial charge in [-0.05, 0) is 102 Å². The highest BCUT2D eigenvalue weighted by molar-refractivity contribution is 6.22. The maximum atomic E-state index is 6.47. The number of para-hydroxylation sites is 2. The molecule has 0 aliphatic carbocycles. The zero-order valence-electron chi connectivity index (χ0n) is 32.7. The lowest BCUT2D eigenvalue weighted by Gasteiger charge is -2.28. The molecule has 0 aliphatic rings. The monoisotopic (exact) mass is 763 g/mol. The minimum Gasteiger partial charge on any atom is -0.455 e. The van der Waals surface area contributed by atoms with Crippen LogP contribution in [-0.4, -0.2) is 0 Å². The van der Waals surface area contributed by atoms with Gasteiger partial charge in [0, 0.05) is 33.1 Å². The summed E-state index contributed by atoms with van der Waals surface area (Å²) < 4.78 is 6.47. The van der Waals surface area contributed by atoms with Gasteiger partial charge in [0.15, 0.2) is 0 Å². The zero-order valence-corrected chi connectivity index (χ0v) is 32.7. The molecule has 0 saturated heterocycles. The molecule has 0 bridgehead atoms. The molecule has 1 heterocycles. The number of benzene rings is 11. The van der Waals surface area contributed by atoms with Crippen LogP contribution in [0.3, 0.4) is 0 Å². The highest BCUT2D eigenvalue weighted by Gasteiger charge is 2.21. The van der Waals surface area contributed by atoms with Crippen molar-refractivity contribution in [2.75, 3.05) is 4.90 Å². The second-order valence-electron chi connectivity index (χ2n) is 15.6. The summed E-state index contributed by atoms with van der Waals surface area (Å²) in [5.74, 6) is 0. The molecule has 0 unspecified atom stereocenters. The Hall–Kier alpha value is -7.94. The first kappa shape index (κ1) is 34.1. The third-order valence-electron chi connectivity index (χ3n) is 12.2. The molecule has 2 nitrogen and oxygen atoms in total. The van der Waals surface area contributed by atoms with Gasteiger partial charge in [-0.1, -0.05) is 188 Å². The molecule has 1 aromatic heterocycles. The van der Waals surface area contributed by atoms with E-state index in [0.717, 1.165) is 50.1 Å². The molecule has 12 aromatic rings. The van der Waals surface area contributed by atoms with Crippen molar-refractivity contribution in [2.45, 2.75) is 0 Å². The summed E-state index contributed by atoms with van der Waals surface area (Å²) in [5.41, 5.74) is 12.2. The second kappa shape index (κ2) is 13.9. The van der Waals surface area contributed by atoms with Crippen LogP contribution in [0.15, 0.2) is 229 Å². The summed E-state index contributed by atoms with van der Waals surface area (Å²) in [7, 11) is 0. The summed E-state index contributed by atoms with van der Waals surface area (Å²) in [4.78, 5) is 2.42. The van der Waals surface area contributed by atoms with E-state index < -0.39 is 0 Å². The van der Waals surface area contributed by atoms with E-state index in [2.05, 4.69) is 217 Å². The molecule has 0 N–H and O–H groups in total. The van der Waals surface area contributed by atoms with Crippen LogP contribution >= 0.6 is 0 Å². The fraction of sp³-hybridized carbons (Fsp3) is 0. The molecule has 0 saturated carbocycles. The molecule has 0 fully saturated rings. The summed E-state index contributed by atoms with van der Waals surface area (Å²) >= 11 is 0. The van der Waals surface area contributed by atoms with Gasteiger partial charge in [0.1, 0.15) is 11.2 Å². The van der Waals surface area contributed by atoms with Crippen molar-refractivity contribution in [3.63, 3.8) is 0 Å². The van der Waals surface area contributed by atoms with Gasteiger partial charge in [-0.2, -0.15) is 0 Å². The third-order valence-corrected chi connectivity index (χ3v) is 12.2. The number of nitrogens with zero attached hydrogens (tertiary/aromatic N) is 1. The van der Waals surface area contributed by atoms with E-state index >= 15 is 0 Å². The Morgan fingerprint density at radius 1 is 0.300 bits per heavy atom. The maximum absolute atomic E-state index is 6.47. The molecule has 2 heteroatoms. The van der Waals surface area contributed by atoms with Gasteiger partial charge >= 0.3 is 0 Å². The minimum atomic E-state index is 0.905. The SMILES string of the molecule is c1ccc(-c2c(-c3ccc(N(c4ccc(-c5cccc6c5oc5ccccc56)cc4)c4cc5ccccc5c5ccccc45)cc3)c3ccccc3c3ccccc23)cc1. The van der Waals surface area contributed by atoms with E-state index in [9.17, 15) is 0 Å². The topological polar surface area (TPSA) is 16.4 Å². The van der Waals surface area contributed by atoms with E-state index in [-0.39, 0.29) is 0 Å². The first-order valence-electron chi connectivity index (χ1n) is 20.6. The number of rotatable bonds is 6. The molecule has 12 rings (SSSR count). The van der Waals surface area contributed by atoms with Gasteiger partial charge in [-0.15, -0.1) is 0 Å². The number of anilines is 3. The molecule has 0 radical (unpaired) electrons. The molecule has 0 spiro atoms. The molecular weight excluding hydrogens is 727 g/mol. The zero-order chi connectivity index (χ0) is 39.6. The van der Waals surface area contributed by atoms with Crippen molar-refractivity contribution in [3.8, 4) is 33.4 Å². The molecule has 280 valence electrons. The number of hydrogen-bond donors (Lipinski definition) is 0. The van der Waals surface area contributed by atoms with Crippen molar-refractivity contribution in [2.24, 2.45) is 0 Å². The molecular formula is C58H37NO. The summed E-state index contributed by atoms with van der Waals surface area (Å²) in [5, 5.41) is 12.2. The van der Waals surface area contributed by atoms with Crippen LogP contribution in [0, 0.1) is 0 Å². The Balaban J connectivity index is 1.06. The van der Waals surface area contributed by atoms with Crippen LogP contribution in [0.5, 0.6) is 0 Å². The summed E-state index contributed by atoms with van der Waals surface area (Å²) in [6, 6.07) is 81.3. The van der Waals surface area contributed by atoms with Crippen LogP contribution in [0.4, 0.5) is 17.1 Å². The van der Waals surface area contributed by atoms with Gasteiger partial charge in [-0.25, -0.2) is 0 Å². The Bertz CT molecular complexity index is 3580. The fourth-order valence-corrected chi connectivity index (χ4v) is 9.53. The second-order valence-corrected chi connectivity index (χ2v) is 15.6. The first-order valence-corrected chi connectivity index (χ1v) is 20.6. The number of furan rings is 1. The predicted octanol–water partition coefficient (Wildman–Crippen LogP) is 16.7. The molecule has 0 atom stereocenters. The van der Waals surface area contributed by atoms with Crippen LogP contribution in [-0.2, 0) is 0 Å². The lowest BCUT2D eigenvalue weighted by atomic mass is 9.85. The predicted molar refractivity (Wildman–Crippen MR) is 255 cm³/mol. The molecule has 0 amide bonds. The van der Waals surface area contributed by atoms with E-state index in [0.29, 0.717) is 0 Å². The van der Waals surface area contributed by atoms with Crippen LogP contribution < -0.4 is 4.90 Å². The highest BCUT2D eigenvalue weighted by Crippen LogP contribution is 2.47. The largest absolute Gasteiger partial charge is 0.455 e. The third kappa shape index (κ3) is 5.42. The van der Waals surface area contributed by atoms with Gasteiger partial charge in [-0.3, -0.25) is 0 Å². The maximum Gasteiger partial charge on any atom is 0.143 e. The van der Waals surface area contributed by atoms with Crippen molar-refractivity contribution >= 4 is 82.1 Å². The standard InChI is InChI=1S/C58H37NO/c1-2-15-39(16-3-1)56-51-24-10-7-20-47(51)48-21-8-11-25-52(48)57(56)40-31-35-43(36-32-40)59(54-37-41-17-4-5-18-44(41)46-19-6-9-22-49(46)54)42-33-29-38(30-34-42)45-26-14-27-53-50-23-12-13-28-55(50)60-58(45)53/h1-37H. The van der Waals surface area contributed by atoms with Crippen LogP contribution in [0.1, 0.15) is 0 Å². The average Bonchev–Trinajstić information content (AvgIpc) is 3.71. The van der Waals surface area contributed by atoms with E-state index in [1.807, 2.05) is 12.1 Å². The van der Waals surface area contributed by atoms with E-state index in [1.165, 1.54) is 65.3 Å². The summed E-state index contributed by atoms with van der Waals surface area (Å²) in [6.07, 6.45) is 0. The van der Waals surface area contributed by atoms with E-state index in [1.54, 1.807) is 0 Å². The van der Waals surface area contributed by atoms with Crippen LogP contribution in [0.2, 0.25) is 0 Å². The fourth-order valence-electron chi connectivity index (χ4n) is 9.53. The number of hydrogen-bond acceptors (Lipinski definition) is 2. The van der Waals surface area contributed by atoms with Crippen LogP contribution in [0.25, 0.3) is 98.4 Å². The Kier molecular flexibility index (Phi) is 7.89. The minimum absolute atomic E-state index is 0.905. The molecule has 60 heavy (non-hydrogen) atoms. The normalized spacial score (nSPS) is 11.7. The van der Waals surface area contributed by atoms with Crippen molar-refractivity contribution < 1.29 is 4.42 Å². The smallest absolute Gasteiger partial charge is 0.143 e. The van der Waals surface area contributed by atoms with Gasteiger partial charge < -0.3 is 9.32 Å². The molecule has 0 aliphatic heterocycles. The highest BCUT2D eigenvalue weighted by atomic mass is 16.3. The van der Waals surface area contributed by atoms with Crippen molar-refractivity contribution in [3.05, 3.63) is 224 Å². The molecule has 11 aromatic carbocycles. The average molecular weight is 764 g/mol. The lowest BCUT2D eigenvalue weighted by Crippen LogP contribution is -2.10. The Morgan fingerprint density at radius 2 is 0.767 bits per heavy atom. The Morgan fingerprint density at radius 3 is 1.42 bits per heavy atom. The van der Waals surface area contributed by atoms with Crippen molar-refractivity contribution in [1.82, 2.24) is 0 Å². The van der Waals surface area contributed by atoms with Gasteiger partial charge in [0.25, 0.3) is 0 Å². The Labute approximate surface area is 347 Å².